The number of anilines is 1. The fourth-order valence-electron chi connectivity index (χ4n) is 3.87. The van der Waals surface area contributed by atoms with Crippen molar-refractivity contribution in [2.45, 2.75) is 49.5 Å². The minimum Gasteiger partial charge on any atom is -0.480 e. The first-order valence-corrected chi connectivity index (χ1v) is 13.7. The predicted molar refractivity (Wildman–Crippen MR) is 143 cm³/mol. The lowest BCUT2D eigenvalue weighted by Crippen LogP contribution is -2.48. The summed E-state index contributed by atoms with van der Waals surface area (Å²) >= 11 is 0. The van der Waals surface area contributed by atoms with E-state index in [4.69, 9.17) is 10.8 Å². The van der Waals surface area contributed by atoms with Crippen molar-refractivity contribution in [3.63, 3.8) is 0 Å². The molecule has 13 heteroatoms. The van der Waals surface area contributed by atoms with Crippen molar-refractivity contribution >= 4 is 50.2 Å². The zero-order chi connectivity index (χ0) is 28.3. The van der Waals surface area contributed by atoms with E-state index < -0.39 is 46.3 Å². The average molecular weight is 550 g/mol. The molecule has 0 aliphatic rings. The van der Waals surface area contributed by atoms with E-state index in [0.29, 0.717) is 24.6 Å². The van der Waals surface area contributed by atoms with Gasteiger partial charge >= 0.3 is 5.97 Å². The van der Waals surface area contributed by atoms with Crippen LogP contribution >= 0.6 is 0 Å². The second kappa shape index (κ2) is 14.3. The van der Waals surface area contributed by atoms with Gasteiger partial charge in [0.25, 0.3) is 0 Å². The number of hydrogen-bond acceptors (Lipinski definition) is 7. The second-order valence-corrected chi connectivity index (χ2v) is 10.7. The van der Waals surface area contributed by atoms with E-state index in [1.54, 1.807) is 18.2 Å². The average Bonchev–Trinajstić information content (AvgIpc) is 2.86. The molecule has 6 N–H and O–H groups in total. The van der Waals surface area contributed by atoms with Crippen LogP contribution in [0.15, 0.2) is 41.3 Å². The van der Waals surface area contributed by atoms with Gasteiger partial charge in [-0.1, -0.05) is 30.7 Å². The van der Waals surface area contributed by atoms with Gasteiger partial charge in [-0.25, -0.2) is 13.1 Å². The smallest absolute Gasteiger partial charge is 0.322 e. The molecule has 0 spiro atoms. The third-order valence-corrected chi connectivity index (χ3v) is 7.27. The summed E-state index contributed by atoms with van der Waals surface area (Å²) < 4.78 is 28.5. The number of carbonyl (C=O) groups is 4. The molecular formula is C25H35N5O7S. The van der Waals surface area contributed by atoms with Gasteiger partial charge in [-0.05, 0) is 31.4 Å². The van der Waals surface area contributed by atoms with Crippen LogP contribution in [0.3, 0.4) is 0 Å². The van der Waals surface area contributed by atoms with E-state index in [1.165, 1.54) is 0 Å². The number of sulfonamides is 1. The number of nitrogens with one attached hydrogen (secondary N) is 3. The maximum Gasteiger partial charge on any atom is 0.322 e. The van der Waals surface area contributed by atoms with Crippen LogP contribution in [0.25, 0.3) is 10.8 Å². The number of carbonyl (C=O) groups excluding carboxylic acids is 3. The fraction of sp³-hybridized carbons (Fsp3) is 0.440. The number of amides is 3. The molecule has 0 fully saturated rings. The van der Waals surface area contributed by atoms with E-state index in [9.17, 15) is 27.6 Å². The summed E-state index contributed by atoms with van der Waals surface area (Å²) in [6, 6.07) is 9.57. The van der Waals surface area contributed by atoms with Gasteiger partial charge in [0.15, 0.2) is 0 Å². The van der Waals surface area contributed by atoms with Crippen molar-refractivity contribution in [1.29, 1.82) is 0 Å². The number of rotatable bonds is 16. The molecule has 0 radical (unpaired) electrons. The van der Waals surface area contributed by atoms with E-state index in [0.717, 1.165) is 11.1 Å². The van der Waals surface area contributed by atoms with Gasteiger partial charge in [-0.3, -0.25) is 19.2 Å². The van der Waals surface area contributed by atoms with E-state index in [-0.39, 0.29) is 30.7 Å². The van der Waals surface area contributed by atoms with E-state index in [1.807, 2.05) is 37.2 Å². The monoisotopic (exact) mass is 549 g/mol. The van der Waals surface area contributed by atoms with E-state index >= 15 is 0 Å². The number of carboxylic acids is 1. The first-order valence-electron chi connectivity index (χ1n) is 12.2. The van der Waals surface area contributed by atoms with Crippen LogP contribution in [-0.4, -0.2) is 70.4 Å². The third-order valence-electron chi connectivity index (χ3n) is 5.75. The van der Waals surface area contributed by atoms with Crippen LogP contribution in [0, 0.1) is 0 Å². The van der Waals surface area contributed by atoms with Gasteiger partial charge in [0.2, 0.25) is 27.7 Å². The molecule has 0 saturated carbocycles. The van der Waals surface area contributed by atoms with Crippen molar-refractivity contribution in [3.8, 4) is 0 Å². The summed E-state index contributed by atoms with van der Waals surface area (Å²) in [4.78, 5) is 48.3. The quantitative estimate of drug-likeness (QED) is 0.189. The van der Waals surface area contributed by atoms with Crippen molar-refractivity contribution in [1.82, 2.24) is 15.4 Å². The highest BCUT2D eigenvalue weighted by Gasteiger charge is 2.22. The molecule has 2 aromatic rings. The molecule has 1 unspecified atom stereocenters. The van der Waals surface area contributed by atoms with Crippen molar-refractivity contribution in [3.05, 3.63) is 36.4 Å². The summed E-state index contributed by atoms with van der Waals surface area (Å²) in [6.45, 7) is -0.431. The Bertz CT molecular complexity index is 1260. The molecule has 0 aliphatic carbocycles. The van der Waals surface area contributed by atoms with Crippen LogP contribution in [0.4, 0.5) is 5.69 Å². The SMILES string of the molecule is CN(C)c1cccc2c(S(=O)(=O)NCCCCCC(=O)NC(CCC(N)=O)C(=O)NCC(=O)O)cccc12. The molecule has 0 aliphatic heterocycles. The van der Waals surface area contributed by atoms with Gasteiger partial charge in [0, 0.05) is 49.9 Å². The highest BCUT2D eigenvalue weighted by atomic mass is 32.2. The normalized spacial score (nSPS) is 12.1. The largest absolute Gasteiger partial charge is 0.480 e. The number of benzene rings is 2. The molecule has 38 heavy (non-hydrogen) atoms. The summed E-state index contributed by atoms with van der Waals surface area (Å²) in [7, 11) is 0.0305. The number of aliphatic carboxylic acids is 1. The molecule has 0 aromatic heterocycles. The van der Waals surface area contributed by atoms with Crippen molar-refractivity contribution in [2.24, 2.45) is 5.73 Å². The van der Waals surface area contributed by atoms with Gasteiger partial charge < -0.3 is 26.4 Å². The van der Waals surface area contributed by atoms with Crippen LogP contribution in [-0.2, 0) is 29.2 Å². The first-order chi connectivity index (χ1) is 17.9. The molecule has 1 atom stereocenters. The molecule has 0 saturated heterocycles. The topological polar surface area (TPSA) is 188 Å². The fourth-order valence-corrected chi connectivity index (χ4v) is 5.16. The number of carboxylic acid groups (broad SMARTS) is 1. The Kier molecular flexibility index (Phi) is 11.5. The Morgan fingerprint density at radius 1 is 0.974 bits per heavy atom. The van der Waals surface area contributed by atoms with E-state index in [2.05, 4.69) is 15.4 Å². The molecular weight excluding hydrogens is 514 g/mol. The minimum absolute atomic E-state index is 0.0570. The Hall–Kier alpha value is -3.71. The highest BCUT2D eigenvalue weighted by Crippen LogP contribution is 2.30. The number of nitrogens with two attached hydrogens (primary N) is 1. The Balaban J connectivity index is 1.84. The predicted octanol–water partition coefficient (Wildman–Crippen LogP) is 0.696. The summed E-state index contributed by atoms with van der Waals surface area (Å²) in [6.07, 6.45) is 1.34. The van der Waals surface area contributed by atoms with Crippen LogP contribution < -0.4 is 26.0 Å². The summed E-state index contributed by atoms with van der Waals surface area (Å²) in [5.41, 5.74) is 6.02. The molecule has 3 amide bonds. The van der Waals surface area contributed by atoms with Crippen molar-refractivity contribution < 1.29 is 32.7 Å². The lowest BCUT2D eigenvalue weighted by atomic mass is 10.1. The maximum atomic E-state index is 13.0. The molecule has 12 nitrogen and oxygen atoms in total. The molecule has 2 rings (SSSR count). The van der Waals surface area contributed by atoms with Crippen LogP contribution in [0.5, 0.6) is 0 Å². The molecule has 0 heterocycles. The number of unbranched alkanes of at least 4 members (excludes halogenated alkanes) is 2. The standard InChI is InChI=1S/C25H35N5O7S/c1-30(2)20-10-6-9-18-17(20)8-7-11-21(18)38(36,37)28-15-5-3-4-12-23(32)29-19(13-14-22(26)31)25(35)27-16-24(33)34/h6-11,19,28H,3-5,12-16H2,1-2H3,(H2,26,31)(H,27,35)(H,29,32)(H,33,34). The van der Waals surface area contributed by atoms with Crippen LogP contribution in [0.2, 0.25) is 0 Å². The van der Waals surface area contributed by atoms with Crippen molar-refractivity contribution in [2.75, 3.05) is 32.1 Å². The number of primary amides is 1. The number of nitrogens with zero attached hydrogens (tertiary/aromatic N) is 1. The van der Waals surface area contributed by atoms with Gasteiger partial charge in [0.1, 0.15) is 12.6 Å². The number of hydrogen-bond donors (Lipinski definition) is 5. The lowest BCUT2D eigenvalue weighted by molar-refractivity contribution is -0.138. The number of fused-ring (bicyclic) bond motifs is 1. The molecule has 0 bridgehead atoms. The third kappa shape index (κ3) is 9.30. The summed E-state index contributed by atoms with van der Waals surface area (Å²) in [5.74, 6) is -3.06. The van der Waals surface area contributed by atoms with Gasteiger partial charge in [-0.2, -0.15) is 0 Å². The first kappa shape index (κ1) is 30.5. The zero-order valence-corrected chi connectivity index (χ0v) is 22.3. The maximum absolute atomic E-state index is 13.0. The van der Waals surface area contributed by atoms with Gasteiger partial charge in [-0.15, -0.1) is 0 Å². The Morgan fingerprint density at radius 3 is 2.32 bits per heavy atom. The Morgan fingerprint density at radius 2 is 1.66 bits per heavy atom. The van der Waals surface area contributed by atoms with Crippen LogP contribution in [0.1, 0.15) is 38.5 Å². The Labute approximate surface area is 222 Å². The highest BCUT2D eigenvalue weighted by molar-refractivity contribution is 7.89. The zero-order valence-electron chi connectivity index (χ0n) is 21.5. The lowest BCUT2D eigenvalue weighted by Gasteiger charge is -2.17. The summed E-state index contributed by atoms with van der Waals surface area (Å²) in [5, 5.41) is 14.8. The van der Waals surface area contributed by atoms with Gasteiger partial charge in [0.05, 0.1) is 4.90 Å². The molecule has 2 aromatic carbocycles. The second-order valence-electron chi connectivity index (χ2n) is 8.97. The minimum atomic E-state index is -3.76. The molecule has 208 valence electrons.